The van der Waals surface area contributed by atoms with Crippen LogP contribution in [0, 0.1) is 0 Å². The Balaban J connectivity index is 1.79. The van der Waals surface area contributed by atoms with E-state index in [4.69, 9.17) is 9.47 Å². The SMILES string of the molecule is CC(C)(C)OC(=O)CCC(=CF)COc1ccc(C(=O)CCc2ccccn2)cc1. The van der Waals surface area contributed by atoms with Crippen molar-refractivity contribution in [1.82, 2.24) is 4.98 Å². The number of Topliss-reactive ketones (excluding diaryl/α,β-unsaturated/α-hetero) is 1. The summed E-state index contributed by atoms with van der Waals surface area (Å²) in [5.41, 5.74) is 1.26. The Hall–Kier alpha value is -3.02. The number of esters is 1. The minimum absolute atomic E-state index is 0.0201. The van der Waals surface area contributed by atoms with Gasteiger partial charge in [-0.2, -0.15) is 0 Å². The highest BCUT2D eigenvalue weighted by Gasteiger charge is 2.16. The zero-order valence-corrected chi connectivity index (χ0v) is 17.7. The van der Waals surface area contributed by atoms with E-state index in [1.807, 2.05) is 18.2 Å². The largest absolute Gasteiger partial charge is 0.489 e. The van der Waals surface area contributed by atoms with Crippen molar-refractivity contribution in [1.29, 1.82) is 0 Å². The van der Waals surface area contributed by atoms with Gasteiger partial charge in [-0.1, -0.05) is 6.07 Å². The summed E-state index contributed by atoms with van der Waals surface area (Å²) >= 11 is 0. The van der Waals surface area contributed by atoms with Gasteiger partial charge in [0.25, 0.3) is 0 Å². The van der Waals surface area contributed by atoms with Crippen LogP contribution in [0.2, 0.25) is 0 Å². The van der Waals surface area contributed by atoms with E-state index in [2.05, 4.69) is 4.98 Å². The van der Waals surface area contributed by atoms with Crippen LogP contribution in [0.25, 0.3) is 0 Å². The van der Waals surface area contributed by atoms with Crippen molar-refractivity contribution in [2.45, 2.75) is 52.1 Å². The number of ether oxygens (including phenoxy) is 2. The number of carbonyl (C=O) groups is 2. The van der Waals surface area contributed by atoms with Gasteiger partial charge in [0.15, 0.2) is 5.78 Å². The molecule has 5 nitrogen and oxygen atoms in total. The van der Waals surface area contributed by atoms with Crippen LogP contribution in [0.15, 0.2) is 60.6 Å². The van der Waals surface area contributed by atoms with Crippen molar-refractivity contribution >= 4 is 11.8 Å². The van der Waals surface area contributed by atoms with E-state index in [9.17, 15) is 14.0 Å². The molecule has 0 aliphatic carbocycles. The smallest absolute Gasteiger partial charge is 0.306 e. The van der Waals surface area contributed by atoms with Gasteiger partial charge in [-0.15, -0.1) is 0 Å². The van der Waals surface area contributed by atoms with E-state index in [-0.39, 0.29) is 31.2 Å². The quantitative estimate of drug-likeness (QED) is 0.393. The van der Waals surface area contributed by atoms with Crippen molar-refractivity contribution in [3.05, 3.63) is 71.8 Å². The Morgan fingerprint density at radius 1 is 1.03 bits per heavy atom. The van der Waals surface area contributed by atoms with Gasteiger partial charge in [0, 0.05) is 30.3 Å². The number of aromatic nitrogens is 1. The second-order valence-electron chi connectivity index (χ2n) is 7.91. The Bertz CT molecular complexity index is 855. The predicted molar refractivity (Wildman–Crippen MR) is 113 cm³/mol. The fraction of sp³-hybridized carbons (Fsp3) is 0.375. The first-order valence-corrected chi connectivity index (χ1v) is 9.93. The van der Waals surface area contributed by atoms with Crippen LogP contribution < -0.4 is 4.74 Å². The molecule has 6 heteroatoms. The summed E-state index contributed by atoms with van der Waals surface area (Å²) in [5.74, 6) is 0.164. The summed E-state index contributed by atoms with van der Waals surface area (Å²) in [6.07, 6.45) is 3.42. The maximum Gasteiger partial charge on any atom is 0.306 e. The van der Waals surface area contributed by atoms with Crippen molar-refractivity contribution in [2.75, 3.05) is 6.61 Å². The Labute approximate surface area is 176 Å². The number of rotatable bonds is 10. The molecule has 0 amide bonds. The van der Waals surface area contributed by atoms with Gasteiger partial charge in [-0.05, 0) is 75.6 Å². The van der Waals surface area contributed by atoms with Crippen LogP contribution in [0.3, 0.4) is 0 Å². The first-order chi connectivity index (χ1) is 14.3. The number of benzene rings is 1. The second kappa shape index (κ2) is 11.2. The van der Waals surface area contributed by atoms with Gasteiger partial charge in [0.1, 0.15) is 18.0 Å². The molecule has 1 aromatic carbocycles. The third-order valence-corrected chi connectivity index (χ3v) is 4.16. The highest BCUT2D eigenvalue weighted by atomic mass is 19.1. The molecule has 1 heterocycles. The molecule has 160 valence electrons. The van der Waals surface area contributed by atoms with Gasteiger partial charge in [-0.25, -0.2) is 4.39 Å². The average molecular weight is 413 g/mol. The fourth-order valence-electron chi connectivity index (χ4n) is 2.66. The summed E-state index contributed by atoms with van der Waals surface area (Å²) in [6.45, 7) is 5.37. The lowest BCUT2D eigenvalue weighted by atomic mass is 10.1. The molecule has 0 radical (unpaired) electrons. The number of halogens is 1. The van der Waals surface area contributed by atoms with Gasteiger partial charge in [0.2, 0.25) is 0 Å². The summed E-state index contributed by atoms with van der Waals surface area (Å²) in [5, 5.41) is 0. The zero-order valence-electron chi connectivity index (χ0n) is 17.7. The van der Waals surface area contributed by atoms with Gasteiger partial charge < -0.3 is 9.47 Å². The molecule has 0 aliphatic heterocycles. The third kappa shape index (κ3) is 8.55. The fourth-order valence-corrected chi connectivity index (χ4v) is 2.66. The van der Waals surface area contributed by atoms with Crippen LogP contribution in [0.1, 0.15) is 56.1 Å². The number of ketones is 1. The molecule has 0 saturated heterocycles. The number of carbonyl (C=O) groups excluding carboxylic acids is 2. The maximum atomic E-state index is 13.1. The summed E-state index contributed by atoms with van der Waals surface area (Å²) in [6, 6.07) is 12.4. The van der Waals surface area contributed by atoms with E-state index in [0.717, 1.165) is 5.69 Å². The molecule has 0 spiro atoms. The minimum atomic E-state index is -0.566. The molecule has 0 bridgehead atoms. The van der Waals surface area contributed by atoms with E-state index in [0.29, 0.717) is 36.1 Å². The van der Waals surface area contributed by atoms with Crippen LogP contribution in [0.4, 0.5) is 4.39 Å². The normalized spacial score (nSPS) is 11.8. The highest BCUT2D eigenvalue weighted by Crippen LogP contribution is 2.17. The molecular formula is C24H28FNO4. The monoisotopic (exact) mass is 413 g/mol. The molecule has 1 aromatic heterocycles. The third-order valence-electron chi connectivity index (χ3n) is 4.16. The standard InChI is InChI=1S/C24H28FNO4/c1-24(2,3)30-23(28)14-7-18(16-25)17-29-21-11-8-19(9-12-21)22(27)13-10-20-6-4-5-15-26-20/h4-6,8-9,11-12,15-16H,7,10,13-14,17H2,1-3H3. The van der Waals surface area contributed by atoms with Crippen LogP contribution >= 0.6 is 0 Å². The maximum absolute atomic E-state index is 13.1. The van der Waals surface area contributed by atoms with Gasteiger partial charge in [-0.3, -0.25) is 14.6 Å². The number of aryl methyl sites for hydroxylation is 1. The van der Waals surface area contributed by atoms with Crippen molar-refractivity contribution in [3.8, 4) is 5.75 Å². The van der Waals surface area contributed by atoms with E-state index in [1.165, 1.54) is 0 Å². The summed E-state index contributed by atoms with van der Waals surface area (Å²) in [7, 11) is 0. The molecule has 2 aromatic rings. The molecule has 0 atom stereocenters. The summed E-state index contributed by atoms with van der Waals surface area (Å²) in [4.78, 5) is 28.3. The van der Waals surface area contributed by atoms with E-state index >= 15 is 0 Å². The van der Waals surface area contributed by atoms with Crippen molar-refractivity contribution in [2.24, 2.45) is 0 Å². The second-order valence-corrected chi connectivity index (χ2v) is 7.91. The first kappa shape index (κ1) is 23.3. The van der Waals surface area contributed by atoms with E-state index < -0.39 is 5.60 Å². The lowest BCUT2D eigenvalue weighted by molar-refractivity contribution is -0.154. The topological polar surface area (TPSA) is 65.5 Å². The molecule has 0 fully saturated rings. The Morgan fingerprint density at radius 2 is 1.77 bits per heavy atom. The number of nitrogens with zero attached hydrogens (tertiary/aromatic N) is 1. The average Bonchev–Trinajstić information content (AvgIpc) is 2.72. The van der Waals surface area contributed by atoms with Crippen LogP contribution in [-0.4, -0.2) is 28.9 Å². The van der Waals surface area contributed by atoms with Crippen LogP contribution in [0.5, 0.6) is 5.75 Å². The van der Waals surface area contributed by atoms with Gasteiger partial charge in [0.05, 0.1) is 6.33 Å². The lowest BCUT2D eigenvalue weighted by Gasteiger charge is -2.19. The summed E-state index contributed by atoms with van der Waals surface area (Å²) < 4.78 is 23.9. The molecule has 30 heavy (non-hydrogen) atoms. The minimum Gasteiger partial charge on any atom is -0.489 e. The predicted octanol–water partition coefficient (Wildman–Crippen LogP) is 5.25. The molecule has 0 aliphatic rings. The molecule has 2 rings (SSSR count). The Kier molecular flexibility index (Phi) is 8.71. The molecule has 0 N–H and O–H groups in total. The highest BCUT2D eigenvalue weighted by molar-refractivity contribution is 5.96. The zero-order chi connectivity index (χ0) is 22.0. The number of hydrogen-bond donors (Lipinski definition) is 0. The molecular weight excluding hydrogens is 385 g/mol. The lowest BCUT2D eigenvalue weighted by Crippen LogP contribution is -2.23. The molecule has 0 unspecified atom stereocenters. The van der Waals surface area contributed by atoms with Crippen molar-refractivity contribution in [3.63, 3.8) is 0 Å². The van der Waals surface area contributed by atoms with E-state index in [1.54, 1.807) is 51.2 Å². The molecule has 0 saturated carbocycles. The van der Waals surface area contributed by atoms with Crippen LogP contribution in [-0.2, 0) is 16.0 Å². The first-order valence-electron chi connectivity index (χ1n) is 9.93. The number of hydrogen-bond acceptors (Lipinski definition) is 5. The van der Waals surface area contributed by atoms with Crippen molar-refractivity contribution < 1.29 is 23.5 Å². The van der Waals surface area contributed by atoms with Gasteiger partial charge >= 0.3 is 5.97 Å². The number of pyridine rings is 1. The Morgan fingerprint density at radius 3 is 2.37 bits per heavy atom.